The van der Waals surface area contributed by atoms with Crippen molar-refractivity contribution in [3.63, 3.8) is 0 Å². The van der Waals surface area contributed by atoms with Crippen molar-refractivity contribution in [2.75, 3.05) is 39.6 Å². The highest BCUT2D eigenvalue weighted by Gasteiger charge is 2.42. The van der Waals surface area contributed by atoms with Gasteiger partial charge in [0.25, 0.3) is 0 Å². The molecule has 0 radical (unpaired) electrons. The number of nitrogens with one attached hydrogen (secondary N) is 1. The molecule has 0 aliphatic carbocycles. The van der Waals surface area contributed by atoms with Crippen LogP contribution in [0.2, 0.25) is 5.02 Å². The molecule has 2 atom stereocenters. The lowest BCUT2D eigenvalue weighted by Crippen LogP contribution is -2.30. The Balaban J connectivity index is 1.63. The van der Waals surface area contributed by atoms with Crippen LogP contribution >= 0.6 is 11.6 Å². The van der Waals surface area contributed by atoms with Gasteiger partial charge in [0.1, 0.15) is 5.75 Å². The van der Waals surface area contributed by atoms with Crippen molar-refractivity contribution >= 4 is 29.1 Å². The quantitative estimate of drug-likeness (QED) is 0.648. The number of likely N-dealkylation sites (tertiary alicyclic amines) is 1. The fourth-order valence-electron chi connectivity index (χ4n) is 3.69. The predicted molar refractivity (Wildman–Crippen MR) is 119 cm³/mol. The molecule has 0 saturated carbocycles. The van der Waals surface area contributed by atoms with Crippen LogP contribution in [0, 0.1) is 5.92 Å². The Morgan fingerprint density at radius 1 is 1.23 bits per heavy atom. The highest BCUT2D eigenvalue weighted by molar-refractivity contribution is 6.30. The Morgan fingerprint density at radius 3 is 2.63 bits per heavy atom. The van der Waals surface area contributed by atoms with Crippen molar-refractivity contribution < 1.29 is 14.3 Å². The number of anilines is 1. The van der Waals surface area contributed by atoms with Crippen LogP contribution in [0.5, 0.6) is 5.75 Å². The number of rotatable bonds is 8. The van der Waals surface area contributed by atoms with Crippen molar-refractivity contribution in [2.45, 2.75) is 18.9 Å². The van der Waals surface area contributed by atoms with E-state index in [2.05, 4.69) is 10.2 Å². The van der Waals surface area contributed by atoms with Gasteiger partial charge in [-0.1, -0.05) is 23.7 Å². The van der Waals surface area contributed by atoms with Gasteiger partial charge in [-0.15, -0.1) is 0 Å². The number of ether oxygens (including phenoxy) is 1. The number of benzene rings is 2. The van der Waals surface area contributed by atoms with Crippen molar-refractivity contribution in [3.05, 3.63) is 59.1 Å². The molecule has 2 aromatic carbocycles. The fraction of sp³-hybridized carbons (Fsp3) is 0.391. The van der Waals surface area contributed by atoms with Crippen LogP contribution in [0.4, 0.5) is 5.69 Å². The fourth-order valence-corrected chi connectivity index (χ4v) is 3.89. The van der Waals surface area contributed by atoms with Gasteiger partial charge < -0.3 is 19.9 Å². The number of hydrogen-bond donors (Lipinski definition) is 1. The van der Waals surface area contributed by atoms with Gasteiger partial charge in [-0.05, 0) is 62.5 Å². The van der Waals surface area contributed by atoms with Gasteiger partial charge in [0.15, 0.2) is 0 Å². The van der Waals surface area contributed by atoms with Crippen molar-refractivity contribution in [2.24, 2.45) is 5.92 Å². The van der Waals surface area contributed by atoms with Crippen molar-refractivity contribution in [1.29, 1.82) is 0 Å². The zero-order valence-electron chi connectivity index (χ0n) is 17.6. The third-order valence-corrected chi connectivity index (χ3v) is 5.49. The normalized spacial score (nSPS) is 18.7. The van der Waals surface area contributed by atoms with Gasteiger partial charge in [-0.3, -0.25) is 9.59 Å². The monoisotopic (exact) mass is 429 g/mol. The topological polar surface area (TPSA) is 61.9 Å². The first-order valence-electron chi connectivity index (χ1n) is 10.0. The van der Waals surface area contributed by atoms with E-state index in [1.807, 2.05) is 56.6 Å². The number of carbonyl (C=O) groups is 2. The molecule has 160 valence electrons. The van der Waals surface area contributed by atoms with E-state index in [9.17, 15) is 9.59 Å². The Hall–Kier alpha value is -2.57. The zero-order chi connectivity index (χ0) is 21.7. The molecule has 2 amide bonds. The lowest BCUT2D eigenvalue weighted by molar-refractivity contribution is -0.127. The number of nitrogens with zero attached hydrogens (tertiary/aromatic N) is 2. The van der Waals surface area contributed by atoms with Crippen LogP contribution in [-0.4, -0.2) is 55.9 Å². The molecule has 6 nitrogen and oxygen atoms in total. The molecule has 3 rings (SSSR count). The summed E-state index contributed by atoms with van der Waals surface area (Å²) in [6, 6.07) is 14.3. The maximum Gasteiger partial charge on any atom is 0.230 e. The molecule has 2 aromatic rings. The molecule has 7 heteroatoms. The number of hydrogen-bond acceptors (Lipinski definition) is 4. The summed E-state index contributed by atoms with van der Waals surface area (Å²) in [4.78, 5) is 29.0. The zero-order valence-corrected chi connectivity index (χ0v) is 18.4. The molecule has 30 heavy (non-hydrogen) atoms. The summed E-state index contributed by atoms with van der Waals surface area (Å²) in [7, 11) is 5.79. The van der Waals surface area contributed by atoms with Crippen LogP contribution in [0.25, 0.3) is 0 Å². The molecule has 1 heterocycles. The van der Waals surface area contributed by atoms with Crippen LogP contribution in [0.15, 0.2) is 48.5 Å². The summed E-state index contributed by atoms with van der Waals surface area (Å²) < 4.78 is 5.73. The van der Waals surface area contributed by atoms with E-state index in [4.69, 9.17) is 16.3 Å². The number of carbonyl (C=O) groups excluding carboxylic acids is 2. The molecule has 1 aliphatic rings. The lowest BCUT2D eigenvalue weighted by atomic mass is 9.93. The number of halogens is 1. The van der Waals surface area contributed by atoms with E-state index in [1.54, 1.807) is 18.0 Å². The minimum atomic E-state index is -0.483. The van der Waals surface area contributed by atoms with Gasteiger partial charge in [0.2, 0.25) is 11.8 Å². The third-order valence-electron chi connectivity index (χ3n) is 5.25. The Bertz CT molecular complexity index is 886. The molecule has 1 aliphatic heterocycles. The molecule has 1 saturated heterocycles. The minimum Gasteiger partial charge on any atom is -0.494 e. The Morgan fingerprint density at radius 2 is 1.97 bits per heavy atom. The first kappa shape index (κ1) is 22.1. The van der Waals surface area contributed by atoms with Crippen LogP contribution < -0.4 is 10.1 Å². The van der Waals surface area contributed by atoms with E-state index in [1.165, 1.54) is 0 Å². The second kappa shape index (κ2) is 9.96. The Kier molecular flexibility index (Phi) is 7.34. The smallest absolute Gasteiger partial charge is 0.230 e. The molecule has 1 N–H and O–H groups in total. The molecule has 2 unspecified atom stereocenters. The lowest BCUT2D eigenvalue weighted by Gasteiger charge is -2.25. The minimum absolute atomic E-state index is 0.0541. The first-order chi connectivity index (χ1) is 14.3. The summed E-state index contributed by atoms with van der Waals surface area (Å²) in [5.41, 5.74) is 1.53. The molecular weight excluding hydrogens is 402 g/mol. The first-order valence-corrected chi connectivity index (χ1v) is 10.4. The van der Waals surface area contributed by atoms with E-state index in [0.717, 1.165) is 24.3 Å². The molecular formula is C23H28ClN3O3. The van der Waals surface area contributed by atoms with Crippen molar-refractivity contribution in [3.8, 4) is 5.75 Å². The van der Waals surface area contributed by atoms with Crippen LogP contribution in [0.3, 0.4) is 0 Å². The predicted octanol–water partition coefficient (Wildman–Crippen LogP) is 3.83. The van der Waals surface area contributed by atoms with E-state index in [-0.39, 0.29) is 24.3 Å². The highest BCUT2D eigenvalue weighted by atomic mass is 35.5. The molecule has 0 spiro atoms. The average molecular weight is 430 g/mol. The standard InChI is InChI=1S/C23H28ClN3O3/c1-26(2)12-5-13-30-19-10-8-18(9-11-19)25-23(29)20-15-21(28)27(3)22(20)16-6-4-7-17(24)14-16/h4,6-11,14,20,22H,5,12-13,15H2,1-3H3,(H,25,29). The van der Waals surface area contributed by atoms with Crippen LogP contribution in [-0.2, 0) is 9.59 Å². The Labute approximate surface area is 182 Å². The summed E-state index contributed by atoms with van der Waals surface area (Å²) >= 11 is 6.12. The van der Waals surface area contributed by atoms with Gasteiger partial charge in [0, 0.05) is 30.7 Å². The summed E-state index contributed by atoms with van der Waals surface area (Å²) in [6.07, 6.45) is 1.12. The second-order valence-electron chi connectivity index (χ2n) is 7.83. The second-order valence-corrected chi connectivity index (χ2v) is 8.27. The highest BCUT2D eigenvalue weighted by Crippen LogP contribution is 2.38. The van der Waals surface area contributed by atoms with Gasteiger partial charge in [-0.25, -0.2) is 0 Å². The SMILES string of the molecule is CN(C)CCCOc1ccc(NC(=O)C2CC(=O)N(C)C2c2cccc(Cl)c2)cc1. The number of amides is 2. The molecule has 1 fully saturated rings. The van der Waals surface area contributed by atoms with E-state index in [0.29, 0.717) is 17.3 Å². The van der Waals surface area contributed by atoms with Gasteiger partial charge >= 0.3 is 0 Å². The summed E-state index contributed by atoms with van der Waals surface area (Å²) in [5, 5.41) is 3.52. The maximum atomic E-state index is 13.0. The molecule has 0 aromatic heterocycles. The molecule has 0 bridgehead atoms. The average Bonchev–Trinajstić information content (AvgIpc) is 3.01. The summed E-state index contributed by atoms with van der Waals surface area (Å²) in [5.74, 6) is 0.0428. The van der Waals surface area contributed by atoms with Crippen LogP contribution in [0.1, 0.15) is 24.4 Å². The third kappa shape index (κ3) is 5.52. The van der Waals surface area contributed by atoms with Gasteiger partial charge in [-0.2, -0.15) is 0 Å². The maximum absolute atomic E-state index is 13.0. The summed E-state index contributed by atoms with van der Waals surface area (Å²) in [6.45, 7) is 1.61. The van der Waals surface area contributed by atoms with Crippen molar-refractivity contribution in [1.82, 2.24) is 9.80 Å². The van der Waals surface area contributed by atoms with E-state index >= 15 is 0 Å². The largest absolute Gasteiger partial charge is 0.494 e. The van der Waals surface area contributed by atoms with Gasteiger partial charge in [0.05, 0.1) is 18.6 Å². The van der Waals surface area contributed by atoms with E-state index < -0.39 is 5.92 Å².